The van der Waals surface area contributed by atoms with Crippen molar-refractivity contribution in [2.75, 3.05) is 20.2 Å². The zero-order valence-corrected chi connectivity index (χ0v) is 13.9. The second-order valence-corrected chi connectivity index (χ2v) is 6.48. The van der Waals surface area contributed by atoms with Gasteiger partial charge in [-0.1, -0.05) is 32.9 Å². The standard InChI is InChI=1S/C18H30N2O/c1-5-17(20-12-6-7-13-20)18(19,14(2)3)15-8-10-16(21-4)11-9-15/h8-11,14,17H,5-7,12-13,19H2,1-4H3. The van der Waals surface area contributed by atoms with Gasteiger partial charge in [0.15, 0.2) is 0 Å². The van der Waals surface area contributed by atoms with E-state index < -0.39 is 0 Å². The zero-order valence-electron chi connectivity index (χ0n) is 13.9. The van der Waals surface area contributed by atoms with Crippen LogP contribution in [0.1, 0.15) is 45.6 Å². The van der Waals surface area contributed by atoms with Gasteiger partial charge in [-0.2, -0.15) is 0 Å². The fraction of sp³-hybridized carbons (Fsp3) is 0.667. The highest BCUT2D eigenvalue weighted by atomic mass is 16.5. The number of hydrogen-bond acceptors (Lipinski definition) is 3. The van der Waals surface area contributed by atoms with Crippen molar-refractivity contribution >= 4 is 0 Å². The molecule has 0 bridgehead atoms. The number of benzene rings is 1. The molecule has 0 spiro atoms. The number of hydrogen-bond donors (Lipinski definition) is 1. The van der Waals surface area contributed by atoms with E-state index in [1.54, 1.807) is 7.11 Å². The Morgan fingerprint density at radius 2 is 1.76 bits per heavy atom. The van der Waals surface area contributed by atoms with Gasteiger partial charge in [0.25, 0.3) is 0 Å². The third kappa shape index (κ3) is 3.09. The van der Waals surface area contributed by atoms with Crippen LogP contribution in [0, 0.1) is 5.92 Å². The van der Waals surface area contributed by atoms with Crippen LogP contribution in [0.3, 0.4) is 0 Å². The van der Waals surface area contributed by atoms with Crippen LogP contribution < -0.4 is 10.5 Å². The molecule has 2 rings (SSSR count). The van der Waals surface area contributed by atoms with Gasteiger partial charge in [-0.05, 0) is 56.0 Å². The Bertz CT molecular complexity index is 437. The molecule has 21 heavy (non-hydrogen) atoms. The summed E-state index contributed by atoms with van der Waals surface area (Å²) in [6.07, 6.45) is 3.68. The van der Waals surface area contributed by atoms with Crippen LogP contribution in [0.25, 0.3) is 0 Å². The van der Waals surface area contributed by atoms with Crippen LogP contribution in [-0.2, 0) is 5.54 Å². The normalized spacial score (nSPS) is 20.5. The summed E-state index contributed by atoms with van der Waals surface area (Å²) in [4.78, 5) is 2.59. The molecule has 0 aromatic heterocycles. The summed E-state index contributed by atoms with van der Waals surface area (Å²) >= 11 is 0. The monoisotopic (exact) mass is 290 g/mol. The van der Waals surface area contributed by atoms with E-state index in [1.165, 1.54) is 31.5 Å². The van der Waals surface area contributed by atoms with Gasteiger partial charge in [0.1, 0.15) is 5.75 Å². The second-order valence-electron chi connectivity index (χ2n) is 6.48. The van der Waals surface area contributed by atoms with E-state index in [1.807, 2.05) is 12.1 Å². The molecule has 1 aliphatic rings. The topological polar surface area (TPSA) is 38.5 Å². The van der Waals surface area contributed by atoms with E-state index in [0.717, 1.165) is 12.2 Å². The molecule has 1 heterocycles. The molecule has 118 valence electrons. The lowest BCUT2D eigenvalue weighted by Crippen LogP contribution is -2.58. The highest BCUT2D eigenvalue weighted by Crippen LogP contribution is 2.36. The highest BCUT2D eigenvalue weighted by Gasteiger charge is 2.42. The van der Waals surface area contributed by atoms with Crippen LogP contribution in [0.4, 0.5) is 0 Å². The lowest BCUT2D eigenvalue weighted by Gasteiger charge is -2.45. The van der Waals surface area contributed by atoms with Crippen molar-refractivity contribution in [2.24, 2.45) is 11.7 Å². The van der Waals surface area contributed by atoms with Gasteiger partial charge in [-0.15, -0.1) is 0 Å². The number of rotatable bonds is 6. The lowest BCUT2D eigenvalue weighted by molar-refractivity contribution is 0.104. The molecule has 2 atom stereocenters. The van der Waals surface area contributed by atoms with Gasteiger partial charge < -0.3 is 10.5 Å². The van der Waals surface area contributed by atoms with E-state index in [2.05, 4.69) is 37.8 Å². The summed E-state index contributed by atoms with van der Waals surface area (Å²) in [5, 5.41) is 0. The number of likely N-dealkylation sites (tertiary alicyclic amines) is 1. The molecule has 0 amide bonds. The minimum Gasteiger partial charge on any atom is -0.497 e. The molecule has 1 aliphatic heterocycles. The SMILES string of the molecule is CCC(N1CCCC1)C(N)(c1ccc(OC)cc1)C(C)C. The third-order valence-electron chi connectivity index (χ3n) is 5.06. The maximum absolute atomic E-state index is 7.01. The molecule has 1 saturated heterocycles. The van der Waals surface area contributed by atoms with Crippen molar-refractivity contribution in [3.05, 3.63) is 29.8 Å². The van der Waals surface area contributed by atoms with E-state index >= 15 is 0 Å². The molecule has 0 aliphatic carbocycles. The van der Waals surface area contributed by atoms with Gasteiger partial charge in [0, 0.05) is 6.04 Å². The van der Waals surface area contributed by atoms with Crippen molar-refractivity contribution < 1.29 is 4.74 Å². The van der Waals surface area contributed by atoms with Crippen molar-refractivity contribution in [3.8, 4) is 5.75 Å². The average molecular weight is 290 g/mol. The molecular weight excluding hydrogens is 260 g/mol. The van der Waals surface area contributed by atoms with Crippen LogP contribution in [0.5, 0.6) is 5.75 Å². The summed E-state index contributed by atoms with van der Waals surface area (Å²) in [6.45, 7) is 9.10. The summed E-state index contributed by atoms with van der Waals surface area (Å²) in [5.74, 6) is 1.27. The predicted octanol–water partition coefficient (Wildman–Crippen LogP) is 3.38. The molecule has 1 aromatic carbocycles. The van der Waals surface area contributed by atoms with Gasteiger partial charge in [-0.3, -0.25) is 4.90 Å². The number of ether oxygens (including phenoxy) is 1. The molecule has 3 heteroatoms. The maximum Gasteiger partial charge on any atom is 0.118 e. The first kappa shape index (κ1) is 16.3. The zero-order chi connectivity index (χ0) is 15.5. The number of nitrogens with zero attached hydrogens (tertiary/aromatic N) is 1. The molecule has 2 unspecified atom stereocenters. The van der Waals surface area contributed by atoms with Crippen LogP contribution >= 0.6 is 0 Å². The van der Waals surface area contributed by atoms with Crippen molar-refractivity contribution in [2.45, 2.75) is 51.6 Å². The largest absolute Gasteiger partial charge is 0.497 e. The smallest absolute Gasteiger partial charge is 0.118 e. The first-order valence-electron chi connectivity index (χ1n) is 8.21. The fourth-order valence-electron chi connectivity index (χ4n) is 3.74. The summed E-state index contributed by atoms with van der Waals surface area (Å²) in [6, 6.07) is 8.72. The van der Waals surface area contributed by atoms with Gasteiger partial charge in [0.05, 0.1) is 12.6 Å². The molecule has 3 nitrogen and oxygen atoms in total. The van der Waals surface area contributed by atoms with E-state index in [4.69, 9.17) is 10.5 Å². The fourth-order valence-corrected chi connectivity index (χ4v) is 3.74. The number of methoxy groups -OCH3 is 1. The Balaban J connectivity index is 2.36. The molecule has 1 aromatic rings. The Morgan fingerprint density at radius 1 is 1.19 bits per heavy atom. The molecule has 0 radical (unpaired) electrons. The van der Waals surface area contributed by atoms with Gasteiger partial charge in [-0.25, -0.2) is 0 Å². The van der Waals surface area contributed by atoms with E-state index in [0.29, 0.717) is 12.0 Å². The first-order chi connectivity index (χ1) is 10.0. The first-order valence-corrected chi connectivity index (χ1v) is 8.21. The Kier molecular flexibility index (Phi) is 5.28. The van der Waals surface area contributed by atoms with Crippen molar-refractivity contribution in [3.63, 3.8) is 0 Å². The van der Waals surface area contributed by atoms with Crippen molar-refractivity contribution in [1.82, 2.24) is 4.90 Å². The number of nitrogens with two attached hydrogens (primary N) is 1. The van der Waals surface area contributed by atoms with E-state index in [-0.39, 0.29) is 5.54 Å². The molecule has 1 fully saturated rings. The quantitative estimate of drug-likeness (QED) is 0.873. The summed E-state index contributed by atoms with van der Waals surface area (Å²) in [7, 11) is 1.70. The van der Waals surface area contributed by atoms with Crippen molar-refractivity contribution in [1.29, 1.82) is 0 Å². The van der Waals surface area contributed by atoms with Crippen LogP contribution in [0.2, 0.25) is 0 Å². The van der Waals surface area contributed by atoms with Crippen LogP contribution in [0.15, 0.2) is 24.3 Å². The van der Waals surface area contributed by atoms with Gasteiger partial charge in [0.2, 0.25) is 0 Å². The average Bonchev–Trinajstić information content (AvgIpc) is 3.01. The minimum atomic E-state index is -0.314. The maximum atomic E-state index is 7.01. The predicted molar refractivity (Wildman–Crippen MR) is 88.6 cm³/mol. The summed E-state index contributed by atoms with van der Waals surface area (Å²) < 4.78 is 5.28. The van der Waals surface area contributed by atoms with Gasteiger partial charge >= 0.3 is 0 Å². The van der Waals surface area contributed by atoms with E-state index in [9.17, 15) is 0 Å². The minimum absolute atomic E-state index is 0.314. The lowest BCUT2D eigenvalue weighted by atomic mass is 9.73. The highest BCUT2D eigenvalue weighted by molar-refractivity contribution is 5.33. The molecule has 2 N–H and O–H groups in total. The van der Waals surface area contributed by atoms with Crippen LogP contribution in [-0.4, -0.2) is 31.1 Å². The Labute approximate surface area is 129 Å². The third-order valence-corrected chi connectivity index (χ3v) is 5.06. The second kappa shape index (κ2) is 6.80. The molecule has 0 saturated carbocycles. The molecular formula is C18H30N2O. The Hall–Kier alpha value is -1.06. The Morgan fingerprint density at radius 3 is 2.19 bits per heavy atom. The summed E-state index contributed by atoms with van der Waals surface area (Å²) in [5.41, 5.74) is 7.91.